The van der Waals surface area contributed by atoms with Crippen molar-refractivity contribution in [3.63, 3.8) is 0 Å². The van der Waals surface area contributed by atoms with Gasteiger partial charge in [-0.05, 0) is 59.7 Å². The highest BCUT2D eigenvalue weighted by Crippen LogP contribution is 2.46. The zero-order valence-corrected chi connectivity index (χ0v) is 16.7. The lowest BCUT2D eigenvalue weighted by molar-refractivity contribution is -0.185. The molecule has 156 valence electrons. The van der Waals surface area contributed by atoms with Gasteiger partial charge in [0.1, 0.15) is 5.75 Å². The molecule has 7 nitrogen and oxygen atoms in total. The van der Waals surface area contributed by atoms with Crippen molar-refractivity contribution in [2.24, 2.45) is 0 Å². The molecule has 0 aliphatic carbocycles. The average molecular weight is 417 g/mol. The SMILES string of the molecule is COc1ccc(C2(O)OC(=O)C(c3ccc4c(c3)OCO4)=C2Cc2ccncc2)cc1. The molecule has 0 fully saturated rings. The van der Waals surface area contributed by atoms with Gasteiger partial charge in [0.15, 0.2) is 11.5 Å². The second-order valence-electron chi connectivity index (χ2n) is 7.22. The summed E-state index contributed by atoms with van der Waals surface area (Å²) in [6.07, 6.45) is 3.63. The van der Waals surface area contributed by atoms with Gasteiger partial charge in [0.05, 0.1) is 12.7 Å². The van der Waals surface area contributed by atoms with E-state index in [0.29, 0.717) is 45.9 Å². The van der Waals surface area contributed by atoms with Gasteiger partial charge in [0.25, 0.3) is 5.79 Å². The molecule has 0 bridgehead atoms. The summed E-state index contributed by atoms with van der Waals surface area (Å²) in [6, 6.07) is 15.7. The van der Waals surface area contributed by atoms with Crippen LogP contribution in [0.15, 0.2) is 72.6 Å². The minimum atomic E-state index is -1.92. The zero-order chi connectivity index (χ0) is 21.4. The molecule has 0 radical (unpaired) electrons. The number of rotatable bonds is 5. The lowest BCUT2D eigenvalue weighted by atomic mass is 9.88. The van der Waals surface area contributed by atoms with Gasteiger partial charge in [-0.1, -0.05) is 6.07 Å². The molecule has 3 heterocycles. The number of fused-ring (bicyclic) bond motifs is 1. The van der Waals surface area contributed by atoms with Crippen molar-refractivity contribution in [2.45, 2.75) is 12.2 Å². The van der Waals surface area contributed by atoms with Crippen LogP contribution in [-0.2, 0) is 21.7 Å². The molecule has 7 heteroatoms. The Hall–Kier alpha value is -3.84. The van der Waals surface area contributed by atoms with Gasteiger partial charge >= 0.3 is 5.97 Å². The molecule has 1 N–H and O–H groups in total. The highest BCUT2D eigenvalue weighted by molar-refractivity contribution is 6.20. The number of methoxy groups -OCH3 is 1. The molecule has 2 aliphatic rings. The maximum absolute atomic E-state index is 13.0. The number of ether oxygens (including phenoxy) is 4. The Morgan fingerprint density at radius 3 is 2.52 bits per heavy atom. The molecule has 5 rings (SSSR count). The normalized spacial score (nSPS) is 19.5. The van der Waals surface area contributed by atoms with E-state index in [1.165, 1.54) is 0 Å². The largest absolute Gasteiger partial charge is 0.497 e. The minimum absolute atomic E-state index is 0.127. The summed E-state index contributed by atoms with van der Waals surface area (Å²) in [5, 5.41) is 11.6. The molecule has 0 saturated carbocycles. The number of nitrogens with zero attached hydrogens (tertiary/aromatic N) is 1. The molecular formula is C24H19NO6. The number of hydrogen-bond acceptors (Lipinski definition) is 7. The van der Waals surface area contributed by atoms with Crippen molar-refractivity contribution >= 4 is 11.5 Å². The van der Waals surface area contributed by atoms with Crippen LogP contribution in [0.25, 0.3) is 5.57 Å². The van der Waals surface area contributed by atoms with E-state index in [1.807, 2.05) is 12.1 Å². The third kappa shape index (κ3) is 3.29. The first kappa shape index (κ1) is 19.1. The van der Waals surface area contributed by atoms with Crippen LogP contribution in [0.1, 0.15) is 16.7 Å². The Balaban J connectivity index is 1.66. The number of aliphatic hydroxyl groups is 1. The predicted octanol–water partition coefficient (Wildman–Crippen LogP) is 3.22. The molecule has 1 atom stereocenters. The van der Waals surface area contributed by atoms with E-state index in [1.54, 1.807) is 62.0 Å². The van der Waals surface area contributed by atoms with Gasteiger partial charge in [0, 0.05) is 30.0 Å². The molecule has 1 unspecified atom stereocenters. The Kier molecular flexibility index (Phi) is 4.60. The molecule has 2 aliphatic heterocycles. The number of hydrogen-bond donors (Lipinski definition) is 1. The van der Waals surface area contributed by atoms with Crippen LogP contribution in [0.3, 0.4) is 0 Å². The zero-order valence-electron chi connectivity index (χ0n) is 16.7. The fourth-order valence-corrected chi connectivity index (χ4v) is 3.85. The fraction of sp³-hybridized carbons (Fsp3) is 0.167. The second-order valence-corrected chi connectivity index (χ2v) is 7.22. The van der Waals surface area contributed by atoms with Crippen molar-refractivity contribution < 1.29 is 28.8 Å². The van der Waals surface area contributed by atoms with Crippen molar-refractivity contribution in [1.29, 1.82) is 0 Å². The maximum Gasteiger partial charge on any atom is 0.342 e. The van der Waals surface area contributed by atoms with Gasteiger partial charge < -0.3 is 24.1 Å². The van der Waals surface area contributed by atoms with Crippen molar-refractivity contribution in [2.75, 3.05) is 13.9 Å². The van der Waals surface area contributed by atoms with Crippen molar-refractivity contribution in [3.8, 4) is 17.2 Å². The number of aromatic nitrogens is 1. The van der Waals surface area contributed by atoms with Crippen LogP contribution in [-0.4, -0.2) is 30.0 Å². The molecular weight excluding hydrogens is 398 g/mol. The van der Waals surface area contributed by atoms with Crippen LogP contribution < -0.4 is 14.2 Å². The highest BCUT2D eigenvalue weighted by atomic mass is 16.7. The Morgan fingerprint density at radius 2 is 1.77 bits per heavy atom. The van der Waals surface area contributed by atoms with Gasteiger partial charge in [-0.2, -0.15) is 0 Å². The third-order valence-electron chi connectivity index (χ3n) is 5.43. The molecule has 0 spiro atoms. The quantitative estimate of drug-likeness (QED) is 0.638. The van der Waals surface area contributed by atoms with Crippen LogP contribution in [0.5, 0.6) is 17.2 Å². The van der Waals surface area contributed by atoms with E-state index in [2.05, 4.69) is 4.98 Å². The fourth-order valence-electron chi connectivity index (χ4n) is 3.85. The van der Waals surface area contributed by atoms with Gasteiger partial charge in [-0.3, -0.25) is 4.98 Å². The Labute approximate surface area is 178 Å². The van der Waals surface area contributed by atoms with Gasteiger partial charge in [0.2, 0.25) is 6.79 Å². The van der Waals surface area contributed by atoms with Gasteiger partial charge in [-0.15, -0.1) is 0 Å². The van der Waals surface area contributed by atoms with Crippen LogP contribution in [0.4, 0.5) is 0 Å². The Bertz CT molecular complexity index is 1170. The van der Waals surface area contributed by atoms with E-state index in [0.717, 1.165) is 5.56 Å². The second kappa shape index (κ2) is 7.45. The number of esters is 1. The smallest absolute Gasteiger partial charge is 0.342 e. The number of pyridine rings is 1. The first-order valence-electron chi connectivity index (χ1n) is 9.71. The summed E-state index contributed by atoms with van der Waals surface area (Å²) >= 11 is 0. The minimum Gasteiger partial charge on any atom is -0.497 e. The molecule has 1 aromatic heterocycles. The average Bonchev–Trinajstić information content (AvgIpc) is 3.36. The lowest BCUT2D eigenvalue weighted by Gasteiger charge is -2.26. The van der Waals surface area contributed by atoms with E-state index in [9.17, 15) is 9.90 Å². The maximum atomic E-state index is 13.0. The summed E-state index contributed by atoms with van der Waals surface area (Å²) in [6.45, 7) is 0.127. The van der Waals surface area contributed by atoms with E-state index >= 15 is 0 Å². The van der Waals surface area contributed by atoms with Crippen LogP contribution in [0.2, 0.25) is 0 Å². The van der Waals surface area contributed by atoms with E-state index < -0.39 is 11.8 Å². The molecule has 3 aromatic rings. The Morgan fingerprint density at radius 1 is 1.03 bits per heavy atom. The highest BCUT2D eigenvalue weighted by Gasteiger charge is 2.48. The number of benzene rings is 2. The first-order chi connectivity index (χ1) is 15.1. The summed E-state index contributed by atoms with van der Waals surface area (Å²) < 4.78 is 21.6. The van der Waals surface area contributed by atoms with Gasteiger partial charge in [-0.25, -0.2) is 4.79 Å². The summed E-state index contributed by atoms with van der Waals surface area (Å²) in [5.41, 5.74) is 2.64. The third-order valence-corrected chi connectivity index (χ3v) is 5.43. The monoisotopic (exact) mass is 417 g/mol. The lowest BCUT2D eigenvalue weighted by Crippen LogP contribution is -2.29. The molecule has 0 saturated heterocycles. The number of carbonyl (C=O) groups is 1. The van der Waals surface area contributed by atoms with Crippen LogP contribution in [0, 0.1) is 0 Å². The van der Waals surface area contributed by atoms with Crippen LogP contribution >= 0.6 is 0 Å². The van der Waals surface area contributed by atoms with E-state index in [-0.39, 0.29) is 6.79 Å². The summed E-state index contributed by atoms with van der Waals surface area (Å²) in [7, 11) is 1.56. The summed E-state index contributed by atoms with van der Waals surface area (Å²) in [4.78, 5) is 17.1. The van der Waals surface area contributed by atoms with Crippen molar-refractivity contribution in [3.05, 3.63) is 89.3 Å². The number of cyclic esters (lactones) is 1. The number of carbonyl (C=O) groups excluding carboxylic acids is 1. The molecule has 31 heavy (non-hydrogen) atoms. The standard InChI is InChI=1S/C24H19NO6/c1-28-18-5-3-17(4-6-18)24(27)19(12-15-8-10-25-11-9-15)22(23(26)31-24)16-2-7-20-21(13-16)30-14-29-20/h2-11,13,27H,12,14H2,1H3. The molecule has 0 amide bonds. The summed E-state index contributed by atoms with van der Waals surface area (Å²) in [5.74, 6) is -0.746. The molecule has 2 aromatic carbocycles. The van der Waals surface area contributed by atoms with Crippen molar-refractivity contribution in [1.82, 2.24) is 4.98 Å². The first-order valence-corrected chi connectivity index (χ1v) is 9.71. The topological polar surface area (TPSA) is 87.1 Å². The predicted molar refractivity (Wildman–Crippen MR) is 110 cm³/mol. The van der Waals surface area contributed by atoms with E-state index in [4.69, 9.17) is 18.9 Å².